The Balaban J connectivity index is 0.000000171. The van der Waals surface area contributed by atoms with E-state index in [4.69, 9.17) is 9.69 Å². The molecule has 0 radical (unpaired) electrons. The van der Waals surface area contributed by atoms with E-state index in [0.29, 0.717) is 0 Å². The summed E-state index contributed by atoms with van der Waals surface area (Å²) >= 11 is -0.0526. The van der Waals surface area contributed by atoms with Crippen molar-refractivity contribution in [1.29, 1.82) is 0 Å². The van der Waals surface area contributed by atoms with Gasteiger partial charge in [-0.05, 0) is 47.7 Å². The van der Waals surface area contributed by atoms with Crippen molar-refractivity contribution in [2.24, 2.45) is 0 Å². The Morgan fingerprint density at radius 2 is 0.617 bits per heavy atom. The van der Waals surface area contributed by atoms with Gasteiger partial charge in [0.05, 0.1) is 0 Å². The maximum atomic E-state index is 5.56. The van der Waals surface area contributed by atoms with Gasteiger partial charge < -0.3 is 0 Å². The van der Waals surface area contributed by atoms with Crippen LogP contribution in [-0.2, 0) is 16.1 Å². The fraction of sp³-hybridized carbons (Fsp3) is 0.0698. The maximum absolute atomic E-state index is 5.56. The molecule has 0 aliphatic rings. The van der Waals surface area contributed by atoms with E-state index in [2.05, 4.69) is 214 Å². The van der Waals surface area contributed by atoms with E-state index in [0.717, 1.165) is 0 Å². The predicted octanol–water partition coefficient (Wildman–Crippen LogP) is 9.98. The van der Waals surface area contributed by atoms with Crippen LogP contribution in [0.3, 0.4) is 0 Å². The number of rotatable bonds is 8. The van der Waals surface area contributed by atoms with Crippen LogP contribution in [0.1, 0.15) is 20.8 Å². The van der Waals surface area contributed by atoms with E-state index in [9.17, 15) is 0 Å². The molecule has 0 aliphatic carbocycles. The van der Waals surface area contributed by atoms with Gasteiger partial charge in [-0.15, -0.1) is 0 Å². The van der Waals surface area contributed by atoms with Crippen LogP contribution in [0.4, 0.5) is 0 Å². The summed E-state index contributed by atoms with van der Waals surface area (Å²) in [5.41, 5.74) is 2.61. The van der Waals surface area contributed by atoms with Crippen LogP contribution in [-0.4, -0.2) is 0 Å². The van der Waals surface area contributed by atoms with Crippen molar-refractivity contribution in [3.8, 4) is 0 Å². The number of halogens is 1. The third-order valence-electron chi connectivity index (χ3n) is 6.80. The van der Waals surface area contributed by atoms with Crippen LogP contribution in [0.2, 0.25) is 0 Å². The van der Waals surface area contributed by atoms with E-state index in [1.165, 1.54) is 43.0 Å². The van der Waals surface area contributed by atoms with E-state index in [1.807, 2.05) is 0 Å². The number of hydrogen-bond acceptors (Lipinski definition) is 0. The van der Waals surface area contributed by atoms with Crippen molar-refractivity contribution in [2.75, 3.05) is 0 Å². The first kappa shape index (κ1) is 36.4. The molecule has 6 aromatic rings. The van der Waals surface area contributed by atoms with Crippen molar-refractivity contribution in [3.05, 3.63) is 204 Å². The van der Waals surface area contributed by atoms with Crippen LogP contribution in [0.5, 0.6) is 0 Å². The quantitative estimate of drug-likeness (QED) is 0.0825. The Hall–Kier alpha value is -3.43. The van der Waals surface area contributed by atoms with Gasteiger partial charge >= 0.3 is 68.5 Å². The summed E-state index contributed by atoms with van der Waals surface area (Å²) in [7, 11) is 4.67. The molecule has 238 valence electrons. The van der Waals surface area contributed by atoms with Gasteiger partial charge in [-0.25, -0.2) is 0 Å². The maximum Gasteiger partial charge on any atom is -0.0134 e. The average Bonchev–Trinajstić information content (AvgIpc) is 3.12. The molecule has 0 N–H and O–H groups in total. The molecule has 0 atom stereocenters. The Morgan fingerprint density at radius 1 is 0.404 bits per heavy atom. The minimum atomic E-state index is -0.446. The molecule has 0 nitrogen and oxygen atoms in total. The summed E-state index contributed by atoms with van der Waals surface area (Å²) in [6, 6.07) is 64.7. The second kappa shape index (κ2) is 20.7. The van der Waals surface area contributed by atoms with Gasteiger partial charge in [0, 0.05) is 0 Å². The summed E-state index contributed by atoms with van der Waals surface area (Å²) in [6.45, 7) is 6.24. The molecule has 6 rings (SSSR count). The summed E-state index contributed by atoms with van der Waals surface area (Å²) in [5.74, 6) is 0. The molecule has 4 heteroatoms. The van der Waals surface area contributed by atoms with Crippen molar-refractivity contribution in [2.45, 2.75) is 20.8 Å². The van der Waals surface area contributed by atoms with Crippen molar-refractivity contribution in [1.82, 2.24) is 0 Å². The summed E-state index contributed by atoms with van der Waals surface area (Å²) in [4.78, 5) is 0. The van der Waals surface area contributed by atoms with E-state index >= 15 is 0 Å². The minimum Gasteiger partial charge on any atom is -0.0622 e. The molecule has 0 amide bonds. The summed E-state index contributed by atoms with van der Waals surface area (Å²) in [6.07, 6.45) is 2.14. The number of hydrogen-bond donors (Lipinski definition) is 0. The topological polar surface area (TPSA) is 0 Å². The Kier molecular flexibility index (Phi) is 16.1. The zero-order chi connectivity index (χ0) is 33.1. The number of allylic oxidation sites excluding steroid dienone is 3. The Bertz CT molecular complexity index is 1450. The standard InChI is InChI=1S/2C18H15P.C7H11.ClH.Ru/c2*1-4-10-16(11-5-1)19(17-12-6-2-7-13-17)18-14-8-3-9-15-18;1-6(2)5-7(3)4;;/h2*1-15H;1,5H,2-4H3;1H;/q;;;;+1/p-1. The minimum absolute atomic E-state index is 0.0526. The first-order valence-corrected chi connectivity index (χ1v) is 21.4. The van der Waals surface area contributed by atoms with Gasteiger partial charge in [-0.3, -0.25) is 0 Å². The fourth-order valence-corrected chi connectivity index (χ4v) is 10.7. The first-order chi connectivity index (χ1) is 23.1. The zero-order valence-electron chi connectivity index (χ0n) is 27.1. The van der Waals surface area contributed by atoms with Gasteiger partial charge in [-0.1, -0.05) is 182 Å². The average molecular weight is 756 g/mol. The first-order valence-electron chi connectivity index (χ1n) is 15.5. The molecule has 0 fully saturated rings. The normalized spacial score (nSPS) is 10.8. The zero-order valence-corrected chi connectivity index (χ0v) is 31.4. The third kappa shape index (κ3) is 12.3. The summed E-state index contributed by atoms with van der Waals surface area (Å²) < 4.78 is 2.08. The molecule has 0 unspecified atom stereocenters. The van der Waals surface area contributed by atoms with Crippen molar-refractivity contribution >= 4 is 57.4 Å². The summed E-state index contributed by atoms with van der Waals surface area (Å²) in [5, 5.41) is 8.39. The van der Waals surface area contributed by atoms with Crippen molar-refractivity contribution in [3.63, 3.8) is 0 Å². The number of benzene rings is 6. The molecular weight excluding hydrogens is 715 g/mol. The van der Waals surface area contributed by atoms with Crippen LogP contribution in [0, 0.1) is 0 Å². The van der Waals surface area contributed by atoms with Crippen LogP contribution < -0.4 is 31.8 Å². The second-order valence-corrected chi connectivity index (χ2v) is 17.1. The van der Waals surface area contributed by atoms with Gasteiger partial charge in [0.25, 0.3) is 0 Å². The SMILES string of the molecule is CC(C)=CC(C)=[CH][Ru][Cl].c1ccc(P(c2ccccc2)c2ccccc2)cc1.c1ccc(P(c2ccccc2)c2ccccc2)cc1. The molecule has 0 spiro atoms. The van der Waals surface area contributed by atoms with E-state index in [-0.39, 0.29) is 16.1 Å². The third-order valence-corrected chi connectivity index (χ3v) is 13.1. The molecule has 0 bridgehead atoms. The molecule has 0 saturated heterocycles. The Labute approximate surface area is 296 Å². The fourth-order valence-electron chi connectivity index (χ4n) is 4.90. The van der Waals surface area contributed by atoms with E-state index in [1.54, 1.807) is 0 Å². The molecule has 0 saturated carbocycles. The molecule has 0 aliphatic heterocycles. The second-order valence-electron chi connectivity index (χ2n) is 10.8. The van der Waals surface area contributed by atoms with Gasteiger partial charge in [-0.2, -0.15) is 0 Å². The molecule has 0 aromatic heterocycles. The molecule has 47 heavy (non-hydrogen) atoms. The molecule has 0 heterocycles. The smallest absolute Gasteiger partial charge is 0.0134 e. The molecular formula is C43H41ClP2Ru. The predicted molar refractivity (Wildman–Crippen MR) is 209 cm³/mol. The van der Waals surface area contributed by atoms with Gasteiger partial charge in [0.1, 0.15) is 0 Å². The largest absolute Gasteiger partial charge is 0.0622 e. The molecule has 6 aromatic carbocycles. The van der Waals surface area contributed by atoms with Crippen molar-refractivity contribution < 1.29 is 16.1 Å². The van der Waals surface area contributed by atoms with Gasteiger partial charge in [0.15, 0.2) is 0 Å². The van der Waals surface area contributed by atoms with Crippen LogP contribution in [0.25, 0.3) is 0 Å². The van der Waals surface area contributed by atoms with Gasteiger partial charge in [0.2, 0.25) is 0 Å². The van der Waals surface area contributed by atoms with E-state index < -0.39 is 15.8 Å². The van der Waals surface area contributed by atoms with Crippen LogP contribution >= 0.6 is 25.5 Å². The van der Waals surface area contributed by atoms with Crippen LogP contribution in [0.15, 0.2) is 204 Å². The monoisotopic (exact) mass is 756 g/mol. The Morgan fingerprint density at radius 3 is 0.787 bits per heavy atom.